The Hall–Kier alpha value is -2.07. The number of pyridine rings is 1. The molecule has 3 rings (SSSR count). The summed E-state index contributed by atoms with van der Waals surface area (Å²) in [5.41, 5.74) is 2.97. The number of rotatable bonds is 2. The van der Waals surface area contributed by atoms with Gasteiger partial charge in [0.25, 0.3) is 0 Å². The maximum absolute atomic E-state index is 12.1. The van der Waals surface area contributed by atoms with Crippen molar-refractivity contribution in [1.29, 1.82) is 0 Å². The molecule has 2 aromatic rings. The zero-order valence-electron chi connectivity index (χ0n) is 13.5. The first kappa shape index (κ1) is 15.8. The quantitative estimate of drug-likeness (QED) is 0.894. The largest absolute Gasteiger partial charge is 0.377 e. The molecule has 0 spiro atoms. The van der Waals surface area contributed by atoms with Crippen molar-refractivity contribution in [2.45, 2.75) is 32.9 Å². The molecule has 0 bridgehead atoms. The lowest BCUT2D eigenvalue weighted by atomic mass is 9.82. The molecule has 23 heavy (non-hydrogen) atoms. The van der Waals surface area contributed by atoms with Crippen LogP contribution in [-0.2, 0) is 4.79 Å². The second-order valence-electron chi connectivity index (χ2n) is 6.06. The van der Waals surface area contributed by atoms with Crippen LogP contribution in [0.15, 0.2) is 42.7 Å². The first-order valence-corrected chi connectivity index (χ1v) is 8.12. The van der Waals surface area contributed by atoms with Crippen molar-refractivity contribution >= 4 is 28.9 Å². The van der Waals surface area contributed by atoms with Gasteiger partial charge < -0.3 is 10.2 Å². The number of carbonyl (C=O) groups excluding carboxylic acids is 1. The minimum Gasteiger partial charge on any atom is -0.377 e. The molecule has 1 aromatic heterocycles. The fourth-order valence-electron chi connectivity index (χ4n) is 3.32. The second kappa shape index (κ2) is 6.20. The molecule has 0 saturated heterocycles. The Morgan fingerprint density at radius 1 is 1.26 bits per heavy atom. The van der Waals surface area contributed by atoms with Crippen LogP contribution in [0.2, 0.25) is 5.02 Å². The van der Waals surface area contributed by atoms with Crippen LogP contribution >= 0.6 is 11.6 Å². The number of hydrogen-bond donors (Lipinski definition) is 1. The van der Waals surface area contributed by atoms with Crippen molar-refractivity contribution < 1.29 is 4.79 Å². The van der Waals surface area contributed by atoms with Crippen molar-refractivity contribution in [1.82, 2.24) is 4.98 Å². The summed E-state index contributed by atoms with van der Waals surface area (Å²) in [6, 6.07) is 10.1. The third-order valence-electron chi connectivity index (χ3n) is 4.59. The number of anilines is 2. The Balaban J connectivity index is 2.03. The molecule has 0 fully saturated rings. The summed E-state index contributed by atoms with van der Waals surface area (Å²) in [6.45, 7) is 5.87. The van der Waals surface area contributed by atoms with Gasteiger partial charge in [0, 0.05) is 30.8 Å². The molecule has 1 aliphatic rings. The van der Waals surface area contributed by atoms with E-state index in [0.717, 1.165) is 16.9 Å². The van der Waals surface area contributed by atoms with Gasteiger partial charge in [0.15, 0.2) is 0 Å². The summed E-state index contributed by atoms with van der Waals surface area (Å²) in [4.78, 5) is 18.1. The van der Waals surface area contributed by atoms with Gasteiger partial charge in [-0.15, -0.1) is 0 Å². The molecule has 120 valence electrons. The van der Waals surface area contributed by atoms with E-state index < -0.39 is 0 Å². The molecular formula is C18H20ClN3O. The van der Waals surface area contributed by atoms with Gasteiger partial charge in [0.2, 0.25) is 5.91 Å². The smallest absolute Gasteiger partial charge is 0.224 e. The molecule has 0 unspecified atom stereocenters. The molecular weight excluding hydrogens is 310 g/mol. The number of fused-ring (bicyclic) bond motifs is 1. The van der Waals surface area contributed by atoms with Gasteiger partial charge in [-0.2, -0.15) is 0 Å². The fraction of sp³-hybridized carbons (Fsp3) is 0.333. The van der Waals surface area contributed by atoms with Crippen LogP contribution in [0.25, 0.3) is 0 Å². The first-order chi connectivity index (χ1) is 11.0. The molecule has 2 heterocycles. The van der Waals surface area contributed by atoms with Crippen molar-refractivity contribution in [2.24, 2.45) is 5.92 Å². The van der Waals surface area contributed by atoms with Gasteiger partial charge in [0.05, 0.1) is 22.9 Å². The van der Waals surface area contributed by atoms with Crippen molar-refractivity contribution in [3.8, 4) is 0 Å². The normalized spacial score (nSPS) is 23.3. The Kier molecular flexibility index (Phi) is 4.26. The number of nitrogens with zero attached hydrogens (tertiary/aromatic N) is 2. The average Bonchev–Trinajstić information content (AvgIpc) is 2.51. The molecule has 0 saturated carbocycles. The average molecular weight is 330 g/mol. The molecule has 1 aliphatic heterocycles. The molecule has 1 N–H and O–H groups in total. The Morgan fingerprint density at radius 2 is 2.00 bits per heavy atom. The summed E-state index contributed by atoms with van der Waals surface area (Å²) >= 11 is 6.04. The van der Waals surface area contributed by atoms with Crippen LogP contribution in [0.3, 0.4) is 0 Å². The van der Waals surface area contributed by atoms with Crippen LogP contribution in [0.4, 0.5) is 11.4 Å². The molecule has 5 heteroatoms. The Bertz CT molecular complexity index is 734. The number of nitrogens with one attached hydrogen (secondary N) is 1. The molecule has 3 atom stereocenters. The standard InChI is InChI=1S/C18H20ClN3O/c1-11-12(2)22(13(3)23)17-7-5-4-6-16(17)18(11)21-15-8-14(19)9-20-10-15/h4-12,18,21H,1-3H3/t11-,12-,18+/m0/s1. The monoisotopic (exact) mass is 329 g/mol. The van der Waals surface area contributed by atoms with Gasteiger partial charge in [-0.1, -0.05) is 36.7 Å². The maximum Gasteiger partial charge on any atom is 0.224 e. The van der Waals surface area contributed by atoms with E-state index in [1.165, 1.54) is 0 Å². The minimum absolute atomic E-state index is 0.0691. The van der Waals surface area contributed by atoms with E-state index in [4.69, 9.17) is 11.6 Å². The van der Waals surface area contributed by atoms with Crippen molar-refractivity contribution in [3.63, 3.8) is 0 Å². The van der Waals surface area contributed by atoms with E-state index >= 15 is 0 Å². The van der Waals surface area contributed by atoms with E-state index in [2.05, 4.69) is 30.2 Å². The highest BCUT2D eigenvalue weighted by molar-refractivity contribution is 6.30. The van der Waals surface area contributed by atoms with E-state index in [1.54, 1.807) is 19.3 Å². The number of benzene rings is 1. The number of halogens is 1. The van der Waals surface area contributed by atoms with Crippen LogP contribution in [0.5, 0.6) is 0 Å². The zero-order valence-corrected chi connectivity index (χ0v) is 14.2. The highest BCUT2D eigenvalue weighted by Crippen LogP contribution is 2.42. The molecule has 0 radical (unpaired) electrons. The van der Waals surface area contributed by atoms with E-state index in [9.17, 15) is 4.79 Å². The van der Waals surface area contributed by atoms with Crippen molar-refractivity contribution in [2.75, 3.05) is 10.2 Å². The van der Waals surface area contributed by atoms with Gasteiger partial charge in [0.1, 0.15) is 0 Å². The Labute approximate surface area is 141 Å². The predicted molar refractivity (Wildman–Crippen MR) is 93.8 cm³/mol. The predicted octanol–water partition coefficient (Wildman–Crippen LogP) is 4.28. The number of amides is 1. The van der Waals surface area contributed by atoms with Crippen molar-refractivity contribution in [3.05, 3.63) is 53.3 Å². The van der Waals surface area contributed by atoms with Gasteiger partial charge in [-0.25, -0.2) is 0 Å². The molecule has 0 aliphatic carbocycles. The molecule has 1 aromatic carbocycles. The van der Waals surface area contributed by atoms with Gasteiger partial charge >= 0.3 is 0 Å². The number of para-hydroxylation sites is 1. The SMILES string of the molecule is CC(=O)N1c2ccccc2[C@H](Nc2cncc(Cl)c2)[C@@H](C)[C@@H]1C. The second-order valence-corrected chi connectivity index (χ2v) is 6.50. The summed E-state index contributed by atoms with van der Waals surface area (Å²) in [7, 11) is 0. The third kappa shape index (κ3) is 2.91. The topological polar surface area (TPSA) is 45.2 Å². The van der Waals surface area contributed by atoms with Crippen LogP contribution in [0, 0.1) is 5.92 Å². The number of carbonyl (C=O) groups is 1. The highest BCUT2D eigenvalue weighted by atomic mass is 35.5. The number of hydrogen-bond acceptors (Lipinski definition) is 3. The van der Waals surface area contributed by atoms with Crippen LogP contribution in [-0.4, -0.2) is 16.9 Å². The zero-order chi connectivity index (χ0) is 16.6. The van der Waals surface area contributed by atoms with E-state index in [1.807, 2.05) is 29.2 Å². The van der Waals surface area contributed by atoms with Gasteiger partial charge in [-0.05, 0) is 24.6 Å². The Morgan fingerprint density at radius 3 is 2.70 bits per heavy atom. The fourth-order valence-corrected chi connectivity index (χ4v) is 3.50. The minimum atomic E-state index is 0.0691. The van der Waals surface area contributed by atoms with Gasteiger partial charge in [-0.3, -0.25) is 9.78 Å². The summed E-state index contributed by atoms with van der Waals surface area (Å²) in [5.74, 6) is 0.312. The summed E-state index contributed by atoms with van der Waals surface area (Å²) < 4.78 is 0. The molecule has 1 amide bonds. The lowest BCUT2D eigenvalue weighted by molar-refractivity contribution is -0.117. The lowest BCUT2D eigenvalue weighted by Gasteiger charge is -2.44. The maximum atomic E-state index is 12.1. The van der Waals surface area contributed by atoms with Crippen LogP contribution in [0.1, 0.15) is 32.4 Å². The first-order valence-electron chi connectivity index (χ1n) is 7.75. The van der Waals surface area contributed by atoms with E-state index in [0.29, 0.717) is 5.02 Å². The molecule has 4 nitrogen and oxygen atoms in total. The highest BCUT2D eigenvalue weighted by Gasteiger charge is 2.37. The van der Waals surface area contributed by atoms with E-state index in [-0.39, 0.29) is 23.9 Å². The third-order valence-corrected chi connectivity index (χ3v) is 4.80. The lowest BCUT2D eigenvalue weighted by Crippen LogP contribution is -2.48. The number of aromatic nitrogens is 1. The van der Waals surface area contributed by atoms with Crippen LogP contribution < -0.4 is 10.2 Å². The summed E-state index contributed by atoms with van der Waals surface area (Å²) in [6.07, 6.45) is 3.38. The summed E-state index contributed by atoms with van der Waals surface area (Å²) in [5, 5.41) is 4.13.